The normalized spacial score (nSPS) is 10.8. The summed E-state index contributed by atoms with van der Waals surface area (Å²) in [5.41, 5.74) is 0.933. The van der Waals surface area contributed by atoms with E-state index < -0.39 is 4.92 Å². The molecule has 0 unspecified atom stereocenters. The molecule has 0 saturated carbocycles. The van der Waals surface area contributed by atoms with Crippen molar-refractivity contribution in [2.45, 2.75) is 11.6 Å². The monoisotopic (exact) mass is 485 g/mol. The molecule has 2 heterocycles. The smallest absolute Gasteiger partial charge is 0.271 e. The zero-order valence-electron chi connectivity index (χ0n) is 16.5. The lowest BCUT2D eigenvalue weighted by Crippen LogP contribution is -2.15. The zero-order chi connectivity index (χ0) is 22.5. The fraction of sp³-hybridized carbons (Fsp3) is 0.0952. The Kier molecular flexibility index (Phi) is 6.84. The minimum absolute atomic E-state index is 0.0307. The predicted molar refractivity (Wildman–Crippen MR) is 126 cm³/mol. The van der Waals surface area contributed by atoms with E-state index in [4.69, 9.17) is 11.6 Å². The summed E-state index contributed by atoms with van der Waals surface area (Å²) in [7, 11) is 0. The third-order valence-corrected chi connectivity index (χ3v) is 6.53. The van der Waals surface area contributed by atoms with E-state index in [9.17, 15) is 14.9 Å². The Labute approximate surface area is 196 Å². The summed E-state index contributed by atoms with van der Waals surface area (Å²) in [6.45, 7) is 0. The van der Waals surface area contributed by atoms with Crippen molar-refractivity contribution in [2.75, 3.05) is 11.1 Å². The van der Waals surface area contributed by atoms with E-state index >= 15 is 0 Å². The van der Waals surface area contributed by atoms with Crippen molar-refractivity contribution in [1.29, 1.82) is 0 Å². The van der Waals surface area contributed by atoms with Crippen LogP contribution in [0.4, 0.5) is 11.4 Å². The number of hydrogen-bond acceptors (Lipinski definition) is 7. The van der Waals surface area contributed by atoms with Crippen molar-refractivity contribution >= 4 is 52.0 Å². The number of nitrogens with one attached hydrogen (secondary N) is 1. The molecule has 2 aromatic carbocycles. The molecule has 8 nitrogen and oxygen atoms in total. The van der Waals surface area contributed by atoms with Crippen molar-refractivity contribution in [2.24, 2.45) is 0 Å². The summed E-state index contributed by atoms with van der Waals surface area (Å²) < 4.78 is 1.93. The van der Waals surface area contributed by atoms with Gasteiger partial charge >= 0.3 is 0 Å². The molecule has 0 spiro atoms. The number of carbonyl (C=O) groups excluding carboxylic acids is 1. The number of halogens is 1. The molecular formula is C21H16ClN5O3S2. The Balaban J connectivity index is 1.52. The number of nitro benzene ring substituents is 1. The van der Waals surface area contributed by atoms with Gasteiger partial charge in [-0.05, 0) is 29.6 Å². The fourth-order valence-corrected chi connectivity index (χ4v) is 4.59. The number of nitrogens with zero attached hydrogens (tertiary/aromatic N) is 4. The Morgan fingerprint density at radius 3 is 2.69 bits per heavy atom. The highest BCUT2D eigenvalue weighted by molar-refractivity contribution is 7.99. The average Bonchev–Trinajstić information content (AvgIpc) is 3.44. The number of thioether (sulfide) groups is 1. The van der Waals surface area contributed by atoms with Crippen LogP contribution in [-0.2, 0) is 11.2 Å². The summed E-state index contributed by atoms with van der Waals surface area (Å²) in [6.07, 6.45) is 0.621. The molecule has 0 radical (unpaired) electrons. The number of carbonyl (C=O) groups is 1. The van der Waals surface area contributed by atoms with Gasteiger partial charge in [-0.3, -0.25) is 19.5 Å². The second-order valence-electron chi connectivity index (χ2n) is 6.58. The Bertz CT molecular complexity index is 1250. The molecule has 0 saturated heterocycles. The van der Waals surface area contributed by atoms with Crippen molar-refractivity contribution in [3.05, 3.63) is 91.9 Å². The van der Waals surface area contributed by atoms with E-state index in [1.165, 1.54) is 30.0 Å². The van der Waals surface area contributed by atoms with Gasteiger partial charge in [0.25, 0.3) is 5.69 Å². The minimum Gasteiger partial charge on any atom is -0.324 e. The molecule has 11 heteroatoms. The van der Waals surface area contributed by atoms with Gasteiger partial charge < -0.3 is 5.32 Å². The maximum Gasteiger partial charge on any atom is 0.271 e. The summed E-state index contributed by atoms with van der Waals surface area (Å²) >= 11 is 8.93. The van der Waals surface area contributed by atoms with E-state index in [0.717, 1.165) is 16.4 Å². The third kappa shape index (κ3) is 5.16. The number of nitro groups is 1. The summed E-state index contributed by atoms with van der Waals surface area (Å²) in [5, 5.41) is 25.0. The lowest BCUT2D eigenvalue weighted by Gasteiger charge is -2.10. The first kappa shape index (κ1) is 22.0. The summed E-state index contributed by atoms with van der Waals surface area (Å²) in [5.74, 6) is 0.436. The number of thiophene rings is 1. The van der Waals surface area contributed by atoms with Gasteiger partial charge in [0, 0.05) is 29.1 Å². The van der Waals surface area contributed by atoms with Gasteiger partial charge in [-0.2, -0.15) is 0 Å². The molecule has 0 bridgehead atoms. The summed E-state index contributed by atoms with van der Waals surface area (Å²) in [4.78, 5) is 24.1. The van der Waals surface area contributed by atoms with Crippen molar-refractivity contribution in [3.8, 4) is 5.69 Å². The first-order valence-electron chi connectivity index (χ1n) is 9.40. The first-order chi connectivity index (χ1) is 15.5. The van der Waals surface area contributed by atoms with Gasteiger partial charge in [-0.15, -0.1) is 21.5 Å². The molecule has 32 heavy (non-hydrogen) atoms. The van der Waals surface area contributed by atoms with Crippen LogP contribution in [0.3, 0.4) is 0 Å². The summed E-state index contributed by atoms with van der Waals surface area (Å²) in [6, 6.07) is 17.6. The van der Waals surface area contributed by atoms with Crippen molar-refractivity contribution in [1.82, 2.24) is 14.8 Å². The number of amides is 1. The molecule has 0 fully saturated rings. The van der Waals surface area contributed by atoms with Crippen LogP contribution in [-0.4, -0.2) is 31.3 Å². The van der Waals surface area contributed by atoms with Crippen LogP contribution < -0.4 is 5.32 Å². The molecule has 0 aliphatic carbocycles. The maximum absolute atomic E-state index is 12.5. The van der Waals surface area contributed by atoms with Gasteiger partial charge in [-0.1, -0.05) is 47.6 Å². The van der Waals surface area contributed by atoms with Crippen LogP contribution in [0.2, 0.25) is 5.02 Å². The number of para-hydroxylation sites is 1. The van der Waals surface area contributed by atoms with Gasteiger partial charge in [-0.25, -0.2) is 0 Å². The standard InChI is InChI=1S/C21H16ClN5O3S2/c22-17-9-8-15(27(29)30)11-18(17)23-20(28)13-32-21-25-24-19(12-16-7-4-10-31-16)26(21)14-5-2-1-3-6-14/h1-11H,12-13H2,(H,23,28). The van der Waals surface area contributed by atoms with Crippen LogP contribution in [0.5, 0.6) is 0 Å². The highest BCUT2D eigenvalue weighted by Crippen LogP contribution is 2.28. The zero-order valence-corrected chi connectivity index (χ0v) is 18.9. The van der Waals surface area contributed by atoms with E-state index in [1.54, 1.807) is 11.3 Å². The Hall–Kier alpha value is -3.21. The van der Waals surface area contributed by atoms with Gasteiger partial charge in [0.2, 0.25) is 5.91 Å². The predicted octanol–water partition coefficient (Wildman–Crippen LogP) is 5.21. The SMILES string of the molecule is O=C(CSc1nnc(Cc2cccs2)n1-c1ccccc1)Nc1cc([N+](=O)[O-])ccc1Cl. The topological polar surface area (TPSA) is 103 Å². The lowest BCUT2D eigenvalue weighted by molar-refractivity contribution is -0.384. The second-order valence-corrected chi connectivity index (χ2v) is 8.97. The lowest BCUT2D eigenvalue weighted by atomic mass is 10.3. The largest absolute Gasteiger partial charge is 0.324 e. The van der Waals surface area contributed by atoms with E-state index in [2.05, 4.69) is 15.5 Å². The molecule has 1 amide bonds. The van der Waals surface area contributed by atoms with Crippen LogP contribution >= 0.6 is 34.7 Å². The molecule has 0 aliphatic rings. The number of anilines is 1. The molecule has 0 atom stereocenters. The van der Waals surface area contributed by atoms with E-state index in [0.29, 0.717) is 11.6 Å². The van der Waals surface area contributed by atoms with Gasteiger partial charge in [0.15, 0.2) is 5.16 Å². The molecular weight excluding hydrogens is 470 g/mol. The number of rotatable bonds is 8. The molecule has 1 N–H and O–H groups in total. The average molecular weight is 486 g/mol. The van der Waals surface area contributed by atoms with Gasteiger partial charge in [0.1, 0.15) is 5.82 Å². The highest BCUT2D eigenvalue weighted by Gasteiger charge is 2.18. The number of benzene rings is 2. The van der Waals surface area contributed by atoms with Crippen LogP contribution in [0.15, 0.2) is 71.2 Å². The minimum atomic E-state index is -0.543. The number of hydrogen-bond donors (Lipinski definition) is 1. The number of aromatic nitrogens is 3. The maximum atomic E-state index is 12.5. The van der Waals surface area contributed by atoms with Crippen molar-refractivity contribution < 1.29 is 9.72 Å². The van der Waals surface area contributed by atoms with Gasteiger partial charge in [0.05, 0.1) is 21.4 Å². The van der Waals surface area contributed by atoms with E-state index in [-0.39, 0.29) is 28.1 Å². The highest BCUT2D eigenvalue weighted by atomic mass is 35.5. The van der Waals surface area contributed by atoms with Crippen LogP contribution in [0, 0.1) is 10.1 Å². The second kappa shape index (κ2) is 9.94. The van der Waals surface area contributed by atoms with Crippen LogP contribution in [0.25, 0.3) is 5.69 Å². The molecule has 162 valence electrons. The first-order valence-corrected chi connectivity index (χ1v) is 11.6. The van der Waals surface area contributed by atoms with E-state index in [1.807, 2.05) is 52.4 Å². The molecule has 0 aliphatic heterocycles. The third-order valence-electron chi connectivity index (χ3n) is 4.39. The fourth-order valence-electron chi connectivity index (χ4n) is 2.95. The quantitative estimate of drug-likeness (QED) is 0.209. The molecule has 4 rings (SSSR count). The van der Waals surface area contributed by atoms with Crippen LogP contribution in [0.1, 0.15) is 10.7 Å². The molecule has 2 aromatic heterocycles. The Morgan fingerprint density at radius 1 is 1.16 bits per heavy atom. The number of non-ortho nitro benzene ring substituents is 1. The Morgan fingerprint density at radius 2 is 1.97 bits per heavy atom. The molecule has 4 aromatic rings. The van der Waals surface area contributed by atoms with Crippen molar-refractivity contribution in [3.63, 3.8) is 0 Å².